The third kappa shape index (κ3) is 2.46. The smallest absolute Gasteiger partial charge is 0.271 e. The Hall–Kier alpha value is -1.69. The van der Waals surface area contributed by atoms with Gasteiger partial charge in [0.05, 0.1) is 12.4 Å². The van der Waals surface area contributed by atoms with Gasteiger partial charge < -0.3 is 10.7 Å². The minimum atomic E-state index is -0.210. The van der Waals surface area contributed by atoms with Gasteiger partial charge in [-0.2, -0.15) is 0 Å². The SMILES string of the molecule is CC1(CNC(=O)c2cncc(NN)n2)CC1. The Balaban J connectivity index is 1.97. The van der Waals surface area contributed by atoms with Gasteiger partial charge in [0.1, 0.15) is 5.69 Å². The topological polar surface area (TPSA) is 92.9 Å². The van der Waals surface area contributed by atoms with Gasteiger partial charge in [-0.05, 0) is 18.3 Å². The van der Waals surface area contributed by atoms with E-state index in [0.29, 0.717) is 12.4 Å². The van der Waals surface area contributed by atoms with Gasteiger partial charge >= 0.3 is 0 Å². The highest BCUT2D eigenvalue weighted by Gasteiger charge is 2.37. The van der Waals surface area contributed by atoms with E-state index in [2.05, 4.69) is 27.6 Å². The molecule has 0 radical (unpaired) electrons. The minimum absolute atomic E-state index is 0.210. The molecule has 86 valence electrons. The number of nitrogens with one attached hydrogen (secondary N) is 2. The number of hydrogen-bond donors (Lipinski definition) is 3. The van der Waals surface area contributed by atoms with Crippen molar-refractivity contribution in [2.24, 2.45) is 11.3 Å². The van der Waals surface area contributed by atoms with Crippen molar-refractivity contribution >= 4 is 11.7 Å². The largest absolute Gasteiger partial charge is 0.350 e. The molecule has 0 atom stereocenters. The van der Waals surface area contributed by atoms with Crippen molar-refractivity contribution in [2.75, 3.05) is 12.0 Å². The van der Waals surface area contributed by atoms with Crippen LogP contribution >= 0.6 is 0 Å². The summed E-state index contributed by atoms with van der Waals surface area (Å²) in [5, 5.41) is 2.84. The van der Waals surface area contributed by atoms with Crippen molar-refractivity contribution in [1.82, 2.24) is 15.3 Å². The highest BCUT2D eigenvalue weighted by Crippen LogP contribution is 2.44. The van der Waals surface area contributed by atoms with Crippen molar-refractivity contribution < 1.29 is 4.79 Å². The molecule has 0 bridgehead atoms. The zero-order valence-corrected chi connectivity index (χ0v) is 9.16. The number of carbonyl (C=O) groups is 1. The summed E-state index contributed by atoms with van der Waals surface area (Å²) in [7, 11) is 0. The monoisotopic (exact) mass is 221 g/mol. The fourth-order valence-electron chi connectivity index (χ4n) is 1.32. The summed E-state index contributed by atoms with van der Waals surface area (Å²) < 4.78 is 0. The molecule has 1 heterocycles. The van der Waals surface area contributed by atoms with Crippen LogP contribution in [0.5, 0.6) is 0 Å². The molecule has 1 aromatic heterocycles. The summed E-state index contributed by atoms with van der Waals surface area (Å²) in [6, 6.07) is 0. The first-order valence-corrected chi connectivity index (χ1v) is 5.20. The Bertz CT molecular complexity index is 402. The van der Waals surface area contributed by atoms with Crippen LogP contribution in [0.3, 0.4) is 0 Å². The van der Waals surface area contributed by atoms with Crippen molar-refractivity contribution in [3.63, 3.8) is 0 Å². The van der Waals surface area contributed by atoms with E-state index in [9.17, 15) is 4.79 Å². The van der Waals surface area contributed by atoms with Crippen LogP contribution in [0.25, 0.3) is 0 Å². The molecule has 1 aliphatic carbocycles. The number of nitrogens with zero attached hydrogens (tertiary/aromatic N) is 2. The maximum Gasteiger partial charge on any atom is 0.271 e. The van der Waals surface area contributed by atoms with E-state index in [0.717, 1.165) is 0 Å². The lowest BCUT2D eigenvalue weighted by Crippen LogP contribution is -2.30. The van der Waals surface area contributed by atoms with Crippen LogP contribution in [0.4, 0.5) is 5.82 Å². The third-order valence-electron chi connectivity index (χ3n) is 2.79. The molecule has 1 fully saturated rings. The molecule has 4 N–H and O–H groups in total. The number of hydrogen-bond acceptors (Lipinski definition) is 5. The zero-order chi connectivity index (χ0) is 11.6. The molecule has 1 aliphatic rings. The van der Waals surface area contributed by atoms with E-state index in [-0.39, 0.29) is 17.0 Å². The van der Waals surface area contributed by atoms with Crippen molar-refractivity contribution in [2.45, 2.75) is 19.8 Å². The summed E-state index contributed by atoms with van der Waals surface area (Å²) >= 11 is 0. The van der Waals surface area contributed by atoms with Crippen molar-refractivity contribution in [3.8, 4) is 0 Å². The summed E-state index contributed by atoms with van der Waals surface area (Å²) in [6.07, 6.45) is 5.22. The first kappa shape index (κ1) is 10.8. The first-order chi connectivity index (χ1) is 7.63. The predicted octanol–water partition coefficient (Wildman–Crippen LogP) is 0.292. The number of aromatic nitrogens is 2. The maximum absolute atomic E-state index is 11.7. The highest BCUT2D eigenvalue weighted by molar-refractivity contribution is 5.92. The van der Waals surface area contributed by atoms with Crippen LogP contribution in [0, 0.1) is 5.41 Å². The van der Waals surface area contributed by atoms with Gasteiger partial charge in [0.25, 0.3) is 5.91 Å². The van der Waals surface area contributed by atoms with Gasteiger partial charge in [0.2, 0.25) is 0 Å². The second-order valence-corrected chi connectivity index (χ2v) is 4.43. The molecule has 0 aliphatic heterocycles. The van der Waals surface area contributed by atoms with E-state index >= 15 is 0 Å². The summed E-state index contributed by atoms with van der Waals surface area (Å²) in [4.78, 5) is 19.6. The van der Waals surface area contributed by atoms with Crippen molar-refractivity contribution in [3.05, 3.63) is 18.1 Å². The van der Waals surface area contributed by atoms with Gasteiger partial charge in [-0.1, -0.05) is 6.92 Å². The Kier molecular flexibility index (Phi) is 2.74. The van der Waals surface area contributed by atoms with Gasteiger partial charge in [0.15, 0.2) is 5.82 Å². The molecule has 2 rings (SSSR count). The standard InChI is InChI=1S/C10H15N5O/c1-10(2-3-10)6-13-9(16)7-4-12-5-8(14-7)15-11/h4-5H,2-3,6,11H2,1H3,(H,13,16)(H,14,15). The molecule has 1 saturated carbocycles. The van der Waals surface area contributed by atoms with Gasteiger partial charge in [0, 0.05) is 6.54 Å². The second kappa shape index (κ2) is 4.05. The van der Waals surface area contributed by atoms with Gasteiger partial charge in [-0.3, -0.25) is 9.78 Å². The average Bonchev–Trinajstić information content (AvgIpc) is 3.05. The molecular formula is C10H15N5O. The number of anilines is 1. The molecule has 0 aromatic carbocycles. The average molecular weight is 221 g/mol. The van der Waals surface area contributed by atoms with Crippen molar-refractivity contribution in [1.29, 1.82) is 0 Å². The Morgan fingerprint density at radius 3 is 2.94 bits per heavy atom. The first-order valence-electron chi connectivity index (χ1n) is 5.20. The molecule has 0 unspecified atom stereocenters. The summed E-state index contributed by atoms with van der Waals surface area (Å²) in [5.41, 5.74) is 2.92. The van der Waals surface area contributed by atoms with E-state index in [1.54, 1.807) is 0 Å². The summed E-state index contributed by atoms with van der Waals surface area (Å²) in [6.45, 7) is 2.84. The number of nitrogens with two attached hydrogens (primary N) is 1. The Morgan fingerprint density at radius 2 is 2.31 bits per heavy atom. The quantitative estimate of drug-likeness (QED) is 0.502. The molecule has 6 heteroatoms. The number of rotatable bonds is 4. The predicted molar refractivity (Wildman–Crippen MR) is 59.5 cm³/mol. The summed E-state index contributed by atoms with van der Waals surface area (Å²) in [5.74, 6) is 5.36. The maximum atomic E-state index is 11.7. The Labute approximate surface area is 93.6 Å². The fourth-order valence-corrected chi connectivity index (χ4v) is 1.32. The normalized spacial score (nSPS) is 16.6. The van der Waals surface area contributed by atoms with Crippen LogP contribution in [0.1, 0.15) is 30.3 Å². The molecule has 1 aromatic rings. The molecular weight excluding hydrogens is 206 g/mol. The lowest BCUT2D eigenvalue weighted by molar-refractivity contribution is 0.0941. The zero-order valence-electron chi connectivity index (χ0n) is 9.16. The highest BCUT2D eigenvalue weighted by atomic mass is 16.1. The lowest BCUT2D eigenvalue weighted by Gasteiger charge is -2.09. The molecule has 0 spiro atoms. The number of hydrazine groups is 1. The van der Waals surface area contributed by atoms with Crippen LogP contribution in [0.15, 0.2) is 12.4 Å². The fraction of sp³-hybridized carbons (Fsp3) is 0.500. The number of amides is 1. The third-order valence-corrected chi connectivity index (χ3v) is 2.79. The van der Waals surface area contributed by atoms with E-state index in [4.69, 9.17) is 5.84 Å². The molecule has 6 nitrogen and oxygen atoms in total. The molecule has 16 heavy (non-hydrogen) atoms. The van der Waals surface area contributed by atoms with Crippen LogP contribution in [-0.4, -0.2) is 22.4 Å². The molecule has 0 saturated heterocycles. The lowest BCUT2D eigenvalue weighted by atomic mass is 10.1. The van der Waals surface area contributed by atoms with E-state index < -0.39 is 0 Å². The second-order valence-electron chi connectivity index (χ2n) is 4.43. The van der Waals surface area contributed by atoms with Gasteiger partial charge in [-0.25, -0.2) is 10.8 Å². The minimum Gasteiger partial charge on any atom is -0.350 e. The van der Waals surface area contributed by atoms with Crippen LogP contribution in [-0.2, 0) is 0 Å². The van der Waals surface area contributed by atoms with Gasteiger partial charge in [-0.15, -0.1) is 0 Å². The van der Waals surface area contributed by atoms with Crippen LogP contribution in [0.2, 0.25) is 0 Å². The van der Waals surface area contributed by atoms with E-state index in [1.807, 2.05) is 0 Å². The Morgan fingerprint density at radius 1 is 1.56 bits per heavy atom. The number of nitrogen functional groups attached to an aromatic ring is 1. The molecule has 1 amide bonds. The van der Waals surface area contributed by atoms with E-state index in [1.165, 1.54) is 25.2 Å². The van der Waals surface area contributed by atoms with Crippen LogP contribution < -0.4 is 16.6 Å². The number of carbonyl (C=O) groups excluding carboxylic acids is 1.